The summed E-state index contributed by atoms with van der Waals surface area (Å²) in [7, 11) is 0. The molecule has 0 radical (unpaired) electrons. The zero-order valence-electron chi connectivity index (χ0n) is 15.8. The molecule has 1 aromatic heterocycles. The summed E-state index contributed by atoms with van der Waals surface area (Å²) >= 11 is 13.7. The van der Waals surface area contributed by atoms with E-state index in [0.717, 1.165) is 22.6 Å². The number of halogens is 2. The first-order valence-electron chi connectivity index (χ1n) is 9.00. The van der Waals surface area contributed by atoms with Gasteiger partial charge in [0.1, 0.15) is 6.04 Å². The molecule has 9 heteroatoms. The Morgan fingerprint density at radius 1 is 1.39 bits per heavy atom. The van der Waals surface area contributed by atoms with Crippen molar-refractivity contribution in [3.8, 4) is 11.3 Å². The van der Waals surface area contributed by atoms with E-state index >= 15 is 0 Å². The number of thiazole rings is 1. The van der Waals surface area contributed by atoms with Crippen molar-refractivity contribution in [1.29, 1.82) is 0 Å². The fraction of sp³-hybridized carbons (Fsp3) is 0.421. The van der Waals surface area contributed by atoms with Crippen molar-refractivity contribution in [2.75, 3.05) is 18.1 Å². The lowest BCUT2D eigenvalue weighted by molar-refractivity contribution is -0.124. The molecule has 2 heterocycles. The van der Waals surface area contributed by atoms with E-state index in [1.54, 1.807) is 24.0 Å². The normalized spacial score (nSPS) is 16.3. The summed E-state index contributed by atoms with van der Waals surface area (Å²) in [5.41, 5.74) is 1.67. The van der Waals surface area contributed by atoms with Crippen LogP contribution in [-0.2, 0) is 16.0 Å². The Kier molecular flexibility index (Phi) is 6.47. The molecule has 1 aliphatic heterocycles. The minimum Gasteiger partial charge on any atom is -0.450 e. The van der Waals surface area contributed by atoms with Crippen LogP contribution in [0.2, 0.25) is 10.0 Å². The van der Waals surface area contributed by atoms with Crippen LogP contribution in [0.1, 0.15) is 25.6 Å². The number of ether oxygens (including phenoxy) is 1. The first-order chi connectivity index (χ1) is 13.3. The molecule has 2 amide bonds. The van der Waals surface area contributed by atoms with Gasteiger partial charge < -0.3 is 10.1 Å². The fourth-order valence-electron chi connectivity index (χ4n) is 2.85. The summed E-state index contributed by atoms with van der Waals surface area (Å²) < 4.78 is 4.83. The molecule has 2 aromatic rings. The van der Waals surface area contributed by atoms with Crippen molar-refractivity contribution in [1.82, 2.24) is 10.3 Å². The SMILES string of the molecule is CCOC(=O)NC1CN(c2nc(-c3ccc(Cl)c(Cl)c3)c(CC(C)C)s2)C1=O. The number of β-lactam (4-membered cyclic amide) rings is 1. The van der Waals surface area contributed by atoms with E-state index in [1.165, 1.54) is 11.3 Å². The van der Waals surface area contributed by atoms with E-state index < -0.39 is 12.1 Å². The van der Waals surface area contributed by atoms with Crippen molar-refractivity contribution in [2.45, 2.75) is 33.2 Å². The molecule has 3 rings (SSSR count). The maximum absolute atomic E-state index is 12.5. The highest BCUT2D eigenvalue weighted by atomic mass is 35.5. The van der Waals surface area contributed by atoms with Gasteiger partial charge in [0.05, 0.1) is 28.9 Å². The summed E-state index contributed by atoms with van der Waals surface area (Å²) in [6, 6.07) is 4.82. The van der Waals surface area contributed by atoms with Gasteiger partial charge in [-0.3, -0.25) is 9.69 Å². The Labute approximate surface area is 177 Å². The summed E-state index contributed by atoms with van der Waals surface area (Å²) in [5, 5.41) is 4.12. The maximum Gasteiger partial charge on any atom is 0.407 e. The van der Waals surface area contributed by atoms with Crippen molar-refractivity contribution in [3.63, 3.8) is 0 Å². The second-order valence-electron chi connectivity index (χ2n) is 6.86. The van der Waals surface area contributed by atoms with Crippen LogP contribution in [0.4, 0.5) is 9.93 Å². The minimum absolute atomic E-state index is 0.196. The number of rotatable bonds is 6. The largest absolute Gasteiger partial charge is 0.450 e. The highest BCUT2D eigenvalue weighted by Crippen LogP contribution is 2.38. The first-order valence-corrected chi connectivity index (χ1v) is 10.6. The maximum atomic E-state index is 12.5. The van der Waals surface area contributed by atoms with Gasteiger partial charge in [-0.15, -0.1) is 11.3 Å². The number of aromatic nitrogens is 1. The number of hydrogen-bond donors (Lipinski definition) is 1. The van der Waals surface area contributed by atoms with Crippen molar-refractivity contribution < 1.29 is 14.3 Å². The third-order valence-electron chi connectivity index (χ3n) is 4.20. The van der Waals surface area contributed by atoms with Crippen LogP contribution in [0, 0.1) is 5.92 Å². The molecule has 1 atom stereocenters. The second-order valence-corrected chi connectivity index (χ2v) is 8.74. The van der Waals surface area contributed by atoms with Gasteiger partial charge in [-0.1, -0.05) is 43.1 Å². The second kappa shape index (κ2) is 8.68. The van der Waals surface area contributed by atoms with Gasteiger partial charge in [0.25, 0.3) is 5.91 Å². The number of benzene rings is 1. The predicted octanol–water partition coefficient (Wildman–Crippen LogP) is 4.78. The van der Waals surface area contributed by atoms with Crippen LogP contribution in [0.5, 0.6) is 0 Å². The Balaban J connectivity index is 1.83. The van der Waals surface area contributed by atoms with Crippen molar-refractivity contribution >= 4 is 51.7 Å². The third-order valence-corrected chi connectivity index (χ3v) is 6.04. The van der Waals surface area contributed by atoms with Crippen LogP contribution < -0.4 is 10.2 Å². The molecule has 28 heavy (non-hydrogen) atoms. The fourth-order valence-corrected chi connectivity index (χ4v) is 4.46. The number of nitrogens with zero attached hydrogens (tertiary/aromatic N) is 2. The summed E-state index contributed by atoms with van der Waals surface area (Å²) in [6.07, 6.45) is 0.247. The van der Waals surface area contributed by atoms with Crippen LogP contribution in [-0.4, -0.2) is 36.2 Å². The molecule has 0 saturated carbocycles. The Morgan fingerprint density at radius 2 is 2.14 bits per heavy atom. The van der Waals surface area contributed by atoms with Crippen molar-refractivity contribution in [3.05, 3.63) is 33.1 Å². The summed E-state index contributed by atoms with van der Waals surface area (Å²) in [5.74, 6) is 0.235. The predicted molar refractivity (Wildman–Crippen MR) is 112 cm³/mol. The highest BCUT2D eigenvalue weighted by Gasteiger charge is 2.41. The average molecular weight is 442 g/mol. The monoisotopic (exact) mass is 441 g/mol. The van der Waals surface area contributed by atoms with E-state index in [0.29, 0.717) is 27.6 Å². The van der Waals surface area contributed by atoms with E-state index in [9.17, 15) is 9.59 Å². The van der Waals surface area contributed by atoms with Gasteiger partial charge in [-0.25, -0.2) is 9.78 Å². The van der Waals surface area contributed by atoms with E-state index in [-0.39, 0.29) is 12.5 Å². The average Bonchev–Trinajstić information content (AvgIpc) is 3.02. The lowest BCUT2D eigenvalue weighted by Crippen LogP contribution is -2.64. The number of anilines is 1. The van der Waals surface area contributed by atoms with Crippen LogP contribution in [0.3, 0.4) is 0 Å². The number of hydrogen-bond acceptors (Lipinski definition) is 5. The third kappa shape index (κ3) is 4.42. The highest BCUT2D eigenvalue weighted by molar-refractivity contribution is 7.16. The number of carbonyl (C=O) groups excluding carboxylic acids is 2. The molecule has 0 bridgehead atoms. The minimum atomic E-state index is -0.586. The number of amides is 2. The zero-order chi connectivity index (χ0) is 20.4. The van der Waals surface area contributed by atoms with E-state index in [1.807, 2.05) is 6.07 Å². The number of nitrogens with one attached hydrogen (secondary N) is 1. The standard InChI is InChI=1S/C19H21Cl2N3O3S/c1-4-27-19(26)22-14-9-24(17(14)25)18-23-16(15(28-18)7-10(2)3)11-5-6-12(20)13(21)8-11/h5-6,8,10,14H,4,7,9H2,1-3H3,(H,22,26). The van der Waals surface area contributed by atoms with Gasteiger partial charge in [0.15, 0.2) is 5.13 Å². The van der Waals surface area contributed by atoms with Gasteiger partial charge in [-0.05, 0) is 31.4 Å². The molecule has 1 aromatic carbocycles. The van der Waals surface area contributed by atoms with Crippen LogP contribution in [0.25, 0.3) is 11.3 Å². The topological polar surface area (TPSA) is 71.5 Å². The molecular formula is C19H21Cl2N3O3S. The van der Waals surface area contributed by atoms with Gasteiger partial charge in [-0.2, -0.15) is 0 Å². The van der Waals surface area contributed by atoms with Gasteiger partial charge in [0, 0.05) is 10.4 Å². The van der Waals surface area contributed by atoms with Gasteiger partial charge in [0.2, 0.25) is 0 Å². The lowest BCUT2D eigenvalue weighted by Gasteiger charge is -2.36. The number of alkyl carbamates (subject to hydrolysis) is 1. The zero-order valence-corrected chi connectivity index (χ0v) is 18.1. The molecule has 1 aliphatic rings. The molecule has 0 aliphatic carbocycles. The quantitative estimate of drug-likeness (QED) is 0.654. The summed E-state index contributed by atoms with van der Waals surface area (Å²) in [6.45, 7) is 6.60. The molecule has 1 N–H and O–H groups in total. The Hall–Kier alpha value is -1.83. The molecule has 6 nitrogen and oxygen atoms in total. The molecule has 1 saturated heterocycles. The van der Waals surface area contributed by atoms with E-state index in [2.05, 4.69) is 19.2 Å². The van der Waals surface area contributed by atoms with E-state index in [4.69, 9.17) is 32.9 Å². The van der Waals surface area contributed by atoms with Crippen LogP contribution >= 0.6 is 34.5 Å². The summed E-state index contributed by atoms with van der Waals surface area (Å²) in [4.78, 5) is 31.3. The van der Waals surface area contributed by atoms with Crippen LogP contribution in [0.15, 0.2) is 18.2 Å². The Morgan fingerprint density at radius 3 is 2.75 bits per heavy atom. The molecule has 1 fully saturated rings. The molecular weight excluding hydrogens is 421 g/mol. The van der Waals surface area contributed by atoms with Gasteiger partial charge >= 0.3 is 6.09 Å². The lowest BCUT2D eigenvalue weighted by atomic mass is 10.0. The molecule has 0 spiro atoms. The molecule has 1 unspecified atom stereocenters. The smallest absolute Gasteiger partial charge is 0.407 e. The number of carbonyl (C=O) groups is 2. The first kappa shape index (κ1) is 20.9. The van der Waals surface area contributed by atoms with Crippen molar-refractivity contribution in [2.24, 2.45) is 5.92 Å². The Bertz CT molecular complexity index is 901. The molecule has 150 valence electrons.